The van der Waals surface area contributed by atoms with E-state index in [-0.39, 0.29) is 0 Å². The van der Waals surface area contributed by atoms with Gasteiger partial charge >= 0.3 is 0 Å². The Morgan fingerprint density at radius 3 is 2.45 bits per heavy atom. The molecule has 0 atom stereocenters. The van der Waals surface area contributed by atoms with Crippen LogP contribution in [-0.4, -0.2) is 20.7 Å². The third kappa shape index (κ3) is 4.87. The van der Waals surface area contributed by atoms with Crippen LogP contribution in [0.4, 0.5) is 0 Å². The van der Waals surface area contributed by atoms with Crippen LogP contribution in [0.1, 0.15) is 17.5 Å². The maximum atomic E-state index is 12.3. The molecule has 0 fully saturated rings. The maximum absolute atomic E-state index is 12.3. The van der Waals surface area contributed by atoms with Gasteiger partial charge in [0.05, 0.1) is 4.90 Å². The highest BCUT2D eigenvalue weighted by Crippen LogP contribution is 2.18. The summed E-state index contributed by atoms with van der Waals surface area (Å²) in [6, 6.07) is 15.5. The molecule has 22 heavy (non-hydrogen) atoms. The van der Waals surface area contributed by atoms with Crippen LogP contribution >= 0.6 is 11.8 Å². The molecule has 0 saturated carbocycles. The van der Waals surface area contributed by atoms with Gasteiger partial charge in [0.15, 0.2) is 0 Å². The van der Waals surface area contributed by atoms with E-state index < -0.39 is 10.0 Å². The van der Waals surface area contributed by atoms with Crippen LogP contribution < -0.4 is 4.72 Å². The summed E-state index contributed by atoms with van der Waals surface area (Å²) in [5, 5.41) is 0. The van der Waals surface area contributed by atoms with Crippen molar-refractivity contribution in [1.82, 2.24) is 4.72 Å². The second-order valence-electron chi connectivity index (χ2n) is 5.18. The van der Waals surface area contributed by atoms with Crippen molar-refractivity contribution in [2.45, 2.75) is 30.1 Å². The summed E-state index contributed by atoms with van der Waals surface area (Å²) in [6.07, 6.45) is 0.795. The lowest BCUT2D eigenvalue weighted by atomic mass is 10.2. The second kappa shape index (κ2) is 7.81. The molecule has 0 aromatic heterocycles. The van der Waals surface area contributed by atoms with E-state index in [0.29, 0.717) is 11.4 Å². The van der Waals surface area contributed by atoms with Crippen molar-refractivity contribution in [3.05, 3.63) is 59.7 Å². The number of thioether (sulfide) groups is 1. The minimum atomic E-state index is -3.41. The van der Waals surface area contributed by atoms with Crippen molar-refractivity contribution in [2.75, 3.05) is 12.3 Å². The highest BCUT2D eigenvalue weighted by Gasteiger charge is 2.15. The van der Waals surface area contributed by atoms with E-state index in [1.165, 1.54) is 4.90 Å². The van der Waals surface area contributed by atoms with Gasteiger partial charge in [0.2, 0.25) is 10.0 Å². The fraction of sp³-hybridized carbons (Fsp3) is 0.294. The minimum absolute atomic E-state index is 0.369. The van der Waals surface area contributed by atoms with Crippen LogP contribution in [0.25, 0.3) is 0 Å². The predicted octanol–water partition coefficient (Wildman–Crippen LogP) is 3.76. The third-order valence-electron chi connectivity index (χ3n) is 3.25. The number of aryl methyl sites for hydroxylation is 2. The molecule has 118 valence electrons. The van der Waals surface area contributed by atoms with E-state index in [2.05, 4.69) is 16.9 Å². The van der Waals surface area contributed by atoms with Crippen LogP contribution in [0.3, 0.4) is 0 Å². The van der Waals surface area contributed by atoms with Crippen LogP contribution in [0, 0.1) is 13.8 Å². The Labute approximate surface area is 137 Å². The molecule has 5 heteroatoms. The zero-order valence-electron chi connectivity index (χ0n) is 12.9. The first-order chi connectivity index (χ1) is 10.5. The Hall–Kier alpha value is -1.30. The van der Waals surface area contributed by atoms with E-state index >= 15 is 0 Å². The van der Waals surface area contributed by atoms with Crippen molar-refractivity contribution in [3.63, 3.8) is 0 Å². The summed E-state index contributed by atoms with van der Waals surface area (Å²) in [5.74, 6) is 0.888. The van der Waals surface area contributed by atoms with Gasteiger partial charge in [-0.05, 0) is 49.8 Å². The molecule has 0 aliphatic heterocycles. The molecule has 0 bridgehead atoms. The average Bonchev–Trinajstić information content (AvgIpc) is 2.47. The van der Waals surface area contributed by atoms with Gasteiger partial charge in [-0.25, -0.2) is 13.1 Å². The van der Waals surface area contributed by atoms with Gasteiger partial charge in [-0.1, -0.05) is 35.9 Å². The summed E-state index contributed by atoms with van der Waals surface area (Å²) < 4.78 is 27.2. The summed E-state index contributed by atoms with van der Waals surface area (Å²) >= 11 is 1.74. The molecule has 0 spiro atoms. The quantitative estimate of drug-likeness (QED) is 0.619. The molecular formula is C17H21NO2S2. The molecule has 0 aliphatic rings. The fourth-order valence-electron chi connectivity index (χ4n) is 2.16. The largest absolute Gasteiger partial charge is 0.240 e. The molecule has 0 radical (unpaired) electrons. The van der Waals surface area contributed by atoms with Crippen molar-refractivity contribution in [1.29, 1.82) is 0 Å². The lowest BCUT2D eigenvalue weighted by Gasteiger charge is -2.10. The Morgan fingerprint density at radius 2 is 1.77 bits per heavy atom. The summed E-state index contributed by atoms with van der Waals surface area (Å²) in [5.41, 5.74) is 1.85. The van der Waals surface area contributed by atoms with Gasteiger partial charge < -0.3 is 0 Å². The number of rotatable bonds is 7. The molecule has 2 aromatic rings. The molecule has 0 saturated heterocycles. The summed E-state index contributed by atoms with van der Waals surface area (Å²) in [6.45, 7) is 4.24. The van der Waals surface area contributed by atoms with Gasteiger partial charge in [0.25, 0.3) is 0 Å². The number of sulfonamides is 1. The Balaban J connectivity index is 1.83. The number of benzene rings is 2. The van der Waals surface area contributed by atoms with Gasteiger partial charge in [0.1, 0.15) is 0 Å². The van der Waals surface area contributed by atoms with Crippen molar-refractivity contribution in [2.24, 2.45) is 0 Å². The molecule has 2 aromatic carbocycles. The zero-order valence-corrected chi connectivity index (χ0v) is 14.5. The van der Waals surface area contributed by atoms with Gasteiger partial charge in [-0.2, -0.15) is 0 Å². The van der Waals surface area contributed by atoms with Crippen molar-refractivity contribution in [3.8, 4) is 0 Å². The molecular weight excluding hydrogens is 314 g/mol. The molecule has 0 aliphatic carbocycles. The van der Waals surface area contributed by atoms with Crippen LogP contribution in [0.2, 0.25) is 0 Å². The first-order valence-corrected chi connectivity index (χ1v) is 9.71. The molecule has 0 heterocycles. The number of hydrogen-bond donors (Lipinski definition) is 1. The normalized spacial score (nSPS) is 11.5. The molecule has 0 amide bonds. The predicted molar refractivity (Wildman–Crippen MR) is 92.9 cm³/mol. The maximum Gasteiger partial charge on any atom is 0.240 e. The lowest BCUT2D eigenvalue weighted by molar-refractivity contribution is 0.580. The zero-order chi connectivity index (χ0) is 16.0. The van der Waals surface area contributed by atoms with Crippen molar-refractivity contribution < 1.29 is 8.42 Å². The van der Waals surface area contributed by atoms with Crippen molar-refractivity contribution >= 4 is 21.8 Å². The Bertz CT molecular complexity index is 713. The third-order valence-corrected chi connectivity index (χ3v) is 5.96. The Kier molecular flexibility index (Phi) is 6.06. The lowest BCUT2D eigenvalue weighted by Crippen LogP contribution is -2.25. The summed E-state index contributed by atoms with van der Waals surface area (Å²) in [4.78, 5) is 1.58. The van der Waals surface area contributed by atoms with E-state index in [4.69, 9.17) is 0 Å². The monoisotopic (exact) mass is 335 g/mol. The van der Waals surface area contributed by atoms with Gasteiger partial charge in [-0.3, -0.25) is 0 Å². The van der Waals surface area contributed by atoms with Crippen LogP contribution in [-0.2, 0) is 10.0 Å². The molecule has 0 unspecified atom stereocenters. The fourth-order valence-corrected chi connectivity index (χ4v) is 4.34. The standard InChI is InChI=1S/C17H21NO2S2/c1-14-9-10-17(15(2)13-14)22(19,20)18-11-6-12-21-16-7-4-3-5-8-16/h3-5,7-10,13,18H,6,11-12H2,1-2H3. The smallest absolute Gasteiger partial charge is 0.211 e. The first kappa shape index (κ1) is 17.1. The number of hydrogen-bond acceptors (Lipinski definition) is 3. The van der Waals surface area contributed by atoms with Crippen LogP contribution in [0.15, 0.2) is 58.3 Å². The highest BCUT2D eigenvalue weighted by molar-refractivity contribution is 7.99. The van der Waals surface area contributed by atoms with Gasteiger partial charge in [0, 0.05) is 11.4 Å². The van der Waals surface area contributed by atoms with E-state index in [0.717, 1.165) is 23.3 Å². The van der Waals surface area contributed by atoms with E-state index in [1.807, 2.05) is 44.2 Å². The average molecular weight is 335 g/mol. The Morgan fingerprint density at radius 1 is 1.05 bits per heavy atom. The van der Waals surface area contributed by atoms with Gasteiger partial charge in [-0.15, -0.1) is 11.8 Å². The first-order valence-electron chi connectivity index (χ1n) is 7.24. The number of nitrogens with one attached hydrogen (secondary N) is 1. The molecule has 3 nitrogen and oxygen atoms in total. The molecule has 1 N–H and O–H groups in total. The molecule has 2 rings (SSSR count). The van der Waals surface area contributed by atoms with E-state index in [9.17, 15) is 8.42 Å². The SMILES string of the molecule is Cc1ccc(S(=O)(=O)NCCCSc2ccccc2)c(C)c1. The minimum Gasteiger partial charge on any atom is -0.211 e. The highest BCUT2D eigenvalue weighted by atomic mass is 32.2. The van der Waals surface area contributed by atoms with E-state index in [1.54, 1.807) is 17.8 Å². The topological polar surface area (TPSA) is 46.2 Å². The second-order valence-corrected chi connectivity index (χ2v) is 8.09. The summed E-state index contributed by atoms with van der Waals surface area (Å²) in [7, 11) is -3.41. The van der Waals surface area contributed by atoms with Crippen LogP contribution in [0.5, 0.6) is 0 Å².